The molecule has 144 valence electrons. The fraction of sp³-hybridized carbons (Fsp3) is 0.667. The molecule has 0 aliphatic carbocycles. The van der Waals surface area contributed by atoms with Crippen molar-refractivity contribution >= 4 is 18.1 Å². The third kappa shape index (κ3) is 8.12. The number of benzene rings is 1. The largest absolute Gasteiger partial charge is 0.500 e. The van der Waals surface area contributed by atoms with Crippen LogP contribution in [0.4, 0.5) is 0 Å². The molecule has 0 aromatic heterocycles. The monoisotopic (exact) mass is 386 g/mol. The first kappa shape index (κ1) is 22.5. The zero-order valence-electron chi connectivity index (χ0n) is 16.3. The molecule has 0 heterocycles. The molecular formula is C18H34O5Si2. The molecule has 0 aliphatic heterocycles. The van der Waals surface area contributed by atoms with Crippen LogP contribution in [0.3, 0.4) is 0 Å². The van der Waals surface area contributed by atoms with Gasteiger partial charge in [0.2, 0.25) is 0 Å². The van der Waals surface area contributed by atoms with Gasteiger partial charge in [-0.2, -0.15) is 0 Å². The predicted octanol–water partition coefficient (Wildman–Crippen LogP) is 3.72. The molecule has 1 aromatic carbocycles. The maximum Gasteiger partial charge on any atom is 0.500 e. The van der Waals surface area contributed by atoms with Crippen molar-refractivity contribution in [1.29, 1.82) is 0 Å². The molecule has 0 spiro atoms. The smallest absolute Gasteiger partial charge is 0.397 e. The Morgan fingerprint density at radius 2 is 1.64 bits per heavy atom. The maximum atomic E-state index is 6.10. The molecule has 0 bridgehead atoms. The highest BCUT2D eigenvalue weighted by Gasteiger charge is 2.37. The summed E-state index contributed by atoms with van der Waals surface area (Å²) in [5, 5.41) is 0. The maximum absolute atomic E-state index is 6.10. The molecule has 2 unspecified atom stereocenters. The van der Waals surface area contributed by atoms with Gasteiger partial charge < -0.3 is 22.1 Å². The summed E-state index contributed by atoms with van der Waals surface area (Å²) in [4.78, 5) is 0. The molecule has 0 aliphatic rings. The molecule has 1 rings (SSSR count). The van der Waals surface area contributed by atoms with E-state index in [-0.39, 0.29) is 0 Å². The van der Waals surface area contributed by atoms with Crippen LogP contribution in [-0.4, -0.2) is 52.6 Å². The van der Waals surface area contributed by atoms with E-state index >= 15 is 0 Å². The first-order valence-corrected chi connectivity index (χ1v) is 12.7. The van der Waals surface area contributed by atoms with Crippen LogP contribution in [0.1, 0.15) is 38.2 Å². The molecule has 0 amide bonds. The van der Waals surface area contributed by atoms with Gasteiger partial charge >= 0.3 is 18.1 Å². The number of hydrogen-bond acceptors (Lipinski definition) is 5. The summed E-state index contributed by atoms with van der Waals surface area (Å²) in [7, 11) is 0.810. The molecule has 0 radical (unpaired) electrons. The van der Waals surface area contributed by atoms with E-state index in [1.807, 2.05) is 13.0 Å². The Bertz CT molecular complexity index is 434. The zero-order valence-corrected chi connectivity index (χ0v) is 18.5. The fourth-order valence-electron chi connectivity index (χ4n) is 2.77. The molecular weight excluding hydrogens is 352 g/mol. The van der Waals surface area contributed by atoms with Crippen molar-refractivity contribution in [3.8, 4) is 0 Å². The molecule has 1 aromatic rings. The molecule has 7 heteroatoms. The third-order valence-electron chi connectivity index (χ3n) is 4.43. The normalized spacial score (nSPS) is 14.4. The van der Waals surface area contributed by atoms with Crippen LogP contribution in [-0.2, 0) is 22.1 Å². The summed E-state index contributed by atoms with van der Waals surface area (Å²) in [5.74, 6) is 0.494. The lowest BCUT2D eigenvalue weighted by Crippen LogP contribution is -2.42. The average molecular weight is 387 g/mol. The van der Waals surface area contributed by atoms with Gasteiger partial charge in [-0.15, -0.1) is 0 Å². The van der Waals surface area contributed by atoms with Crippen LogP contribution in [0.25, 0.3) is 0 Å². The number of hydrogen-bond donors (Lipinski definition) is 0. The van der Waals surface area contributed by atoms with Crippen LogP contribution in [0.15, 0.2) is 30.3 Å². The SMILES string of the molecule is CCO[SiH](CCC[Si](OC)(OC)OC)OCCC(C)c1ccccc1. The highest BCUT2D eigenvalue weighted by atomic mass is 28.4. The molecule has 0 fully saturated rings. The van der Waals surface area contributed by atoms with Gasteiger partial charge in [-0.1, -0.05) is 37.3 Å². The minimum absolute atomic E-state index is 0.494. The molecule has 2 atom stereocenters. The van der Waals surface area contributed by atoms with Crippen molar-refractivity contribution in [3.63, 3.8) is 0 Å². The Morgan fingerprint density at radius 3 is 2.20 bits per heavy atom. The Kier molecular flexibility index (Phi) is 11.5. The molecule has 25 heavy (non-hydrogen) atoms. The standard InChI is InChI=1S/C18H34O5Si2/c1-6-22-24(15-10-16-25(19-3,20-4)21-5)23-14-13-17(2)18-11-8-7-9-12-18/h7-9,11-12,17,24H,6,10,13-16H2,1-5H3. The van der Waals surface area contributed by atoms with E-state index in [1.54, 1.807) is 21.3 Å². The summed E-state index contributed by atoms with van der Waals surface area (Å²) in [5.41, 5.74) is 1.36. The highest BCUT2D eigenvalue weighted by molar-refractivity contribution is 6.60. The average Bonchev–Trinajstić information content (AvgIpc) is 2.66. The van der Waals surface area contributed by atoms with E-state index < -0.39 is 18.1 Å². The van der Waals surface area contributed by atoms with Crippen molar-refractivity contribution in [2.24, 2.45) is 0 Å². The fourth-order valence-corrected chi connectivity index (χ4v) is 6.66. The lowest BCUT2D eigenvalue weighted by Gasteiger charge is -2.25. The molecule has 0 N–H and O–H groups in total. The predicted molar refractivity (Wildman–Crippen MR) is 105 cm³/mol. The Labute approximate surface area is 155 Å². The van der Waals surface area contributed by atoms with Crippen molar-refractivity contribution in [2.75, 3.05) is 34.5 Å². The molecule has 5 nitrogen and oxygen atoms in total. The molecule has 0 saturated carbocycles. The Balaban J connectivity index is 2.36. The summed E-state index contributed by atoms with van der Waals surface area (Å²) in [6.07, 6.45) is 1.94. The molecule has 0 saturated heterocycles. The van der Waals surface area contributed by atoms with Gasteiger partial charge in [0, 0.05) is 40.6 Å². The van der Waals surface area contributed by atoms with E-state index in [1.165, 1.54) is 5.56 Å². The minimum atomic E-state index is -2.49. The van der Waals surface area contributed by atoms with E-state index in [4.69, 9.17) is 22.1 Å². The van der Waals surface area contributed by atoms with Crippen LogP contribution < -0.4 is 0 Å². The van der Waals surface area contributed by atoms with Gasteiger partial charge in [-0.05, 0) is 37.3 Å². The van der Waals surface area contributed by atoms with E-state index in [2.05, 4.69) is 31.2 Å². The zero-order chi connectivity index (χ0) is 18.5. The second-order valence-electron chi connectivity index (χ2n) is 6.04. The topological polar surface area (TPSA) is 46.2 Å². The van der Waals surface area contributed by atoms with Gasteiger partial charge in [0.05, 0.1) is 0 Å². The lowest BCUT2D eigenvalue weighted by molar-refractivity contribution is 0.123. The van der Waals surface area contributed by atoms with Crippen LogP contribution in [0.5, 0.6) is 0 Å². The highest BCUT2D eigenvalue weighted by Crippen LogP contribution is 2.20. The first-order chi connectivity index (χ1) is 12.1. The van der Waals surface area contributed by atoms with Gasteiger partial charge in [0.1, 0.15) is 0 Å². The van der Waals surface area contributed by atoms with Crippen LogP contribution in [0.2, 0.25) is 12.1 Å². The first-order valence-electron chi connectivity index (χ1n) is 9.04. The van der Waals surface area contributed by atoms with Gasteiger partial charge in [0.15, 0.2) is 0 Å². The van der Waals surface area contributed by atoms with Gasteiger partial charge in [-0.3, -0.25) is 0 Å². The van der Waals surface area contributed by atoms with Gasteiger partial charge in [0.25, 0.3) is 0 Å². The van der Waals surface area contributed by atoms with Gasteiger partial charge in [-0.25, -0.2) is 0 Å². The second-order valence-corrected chi connectivity index (χ2v) is 11.2. The lowest BCUT2D eigenvalue weighted by atomic mass is 9.99. The summed E-state index contributed by atoms with van der Waals surface area (Å²) in [6.45, 7) is 5.71. The third-order valence-corrected chi connectivity index (χ3v) is 9.46. The second kappa shape index (κ2) is 12.7. The quantitative estimate of drug-likeness (QED) is 0.456. The Hall–Kier alpha value is -0.546. The van der Waals surface area contributed by atoms with Crippen molar-refractivity contribution in [3.05, 3.63) is 35.9 Å². The van der Waals surface area contributed by atoms with Crippen LogP contribution in [0, 0.1) is 0 Å². The van der Waals surface area contributed by atoms with Crippen molar-refractivity contribution < 1.29 is 22.1 Å². The van der Waals surface area contributed by atoms with E-state index in [9.17, 15) is 0 Å². The minimum Gasteiger partial charge on any atom is -0.397 e. The van der Waals surface area contributed by atoms with E-state index in [0.717, 1.165) is 31.5 Å². The summed E-state index contributed by atoms with van der Waals surface area (Å²) >= 11 is 0. The van der Waals surface area contributed by atoms with Crippen LogP contribution >= 0.6 is 0 Å². The van der Waals surface area contributed by atoms with Crippen molar-refractivity contribution in [1.82, 2.24) is 0 Å². The summed E-state index contributed by atoms with van der Waals surface area (Å²) in [6, 6.07) is 12.3. The number of rotatable bonds is 14. The Morgan fingerprint density at radius 1 is 1.00 bits per heavy atom. The van der Waals surface area contributed by atoms with E-state index in [0.29, 0.717) is 12.5 Å². The van der Waals surface area contributed by atoms with Crippen molar-refractivity contribution in [2.45, 2.75) is 44.7 Å². The summed E-state index contributed by atoms with van der Waals surface area (Å²) < 4.78 is 28.4.